The van der Waals surface area contributed by atoms with Crippen molar-refractivity contribution in [2.75, 3.05) is 19.0 Å². The first-order valence-electron chi connectivity index (χ1n) is 8.72. The lowest BCUT2D eigenvalue weighted by molar-refractivity contribution is 0.0960. The molecule has 0 spiro atoms. The van der Waals surface area contributed by atoms with Gasteiger partial charge in [0.25, 0.3) is 11.8 Å². The summed E-state index contributed by atoms with van der Waals surface area (Å²) in [6.07, 6.45) is 1.92. The highest BCUT2D eigenvalue weighted by Crippen LogP contribution is 2.19. The first-order chi connectivity index (χ1) is 13.1. The number of ether oxygens (including phenoxy) is 1. The number of unbranched alkanes of at least 4 members (excludes halogenated alkanes) is 1. The van der Waals surface area contributed by atoms with Gasteiger partial charge in [-0.15, -0.1) is 0 Å². The van der Waals surface area contributed by atoms with Gasteiger partial charge in [0.15, 0.2) is 5.11 Å². The summed E-state index contributed by atoms with van der Waals surface area (Å²) in [6.45, 7) is 2.62. The maximum Gasteiger partial charge on any atom is 0.261 e. The molecular weight excluding hydrogens is 362 g/mol. The summed E-state index contributed by atoms with van der Waals surface area (Å²) in [5.74, 6) is -0.115. The van der Waals surface area contributed by atoms with Crippen molar-refractivity contribution in [3.05, 3.63) is 59.7 Å². The number of hydrogen-bond donors (Lipinski definition) is 3. The lowest BCUT2D eigenvalue weighted by atomic mass is 10.1. The molecular formula is C20H23N3O3S. The number of carbonyl (C=O) groups is 2. The average Bonchev–Trinajstić information content (AvgIpc) is 2.68. The Balaban J connectivity index is 2.07. The molecule has 2 amide bonds. The third-order valence-electron chi connectivity index (χ3n) is 3.76. The van der Waals surface area contributed by atoms with Gasteiger partial charge in [-0.05, 0) is 42.9 Å². The van der Waals surface area contributed by atoms with E-state index >= 15 is 0 Å². The molecule has 2 aromatic rings. The maximum atomic E-state index is 12.6. The summed E-state index contributed by atoms with van der Waals surface area (Å²) in [6, 6.07) is 13.9. The Labute approximate surface area is 164 Å². The zero-order valence-corrected chi connectivity index (χ0v) is 16.2. The van der Waals surface area contributed by atoms with E-state index in [0.717, 1.165) is 12.8 Å². The van der Waals surface area contributed by atoms with Crippen LogP contribution in [0.2, 0.25) is 0 Å². The Morgan fingerprint density at radius 2 is 1.67 bits per heavy atom. The first-order valence-corrected chi connectivity index (χ1v) is 9.13. The SMILES string of the molecule is CCCCOc1ccccc1C(=O)NC(=S)Nc1ccccc1C(=O)NC. The molecule has 3 N–H and O–H groups in total. The highest BCUT2D eigenvalue weighted by molar-refractivity contribution is 7.80. The Morgan fingerprint density at radius 1 is 1.00 bits per heavy atom. The van der Waals surface area contributed by atoms with Gasteiger partial charge in [-0.2, -0.15) is 0 Å². The molecule has 6 nitrogen and oxygen atoms in total. The van der Waals surface area contributed by atoms with Crippen molar-refractivity contribution in [3.8, 4) is 5.75 Å². The van der Waals surface area contributed by atoms with E-state index < -0.39 is 0 Å². The van der Waals surface area contributed by atoms with Gasteiger partial charge in [0.1, 0.15) is 5.75 Å². The Bertz CT molecular complexity index is 824. The van der Waals surface area contributed by atoms with Crippen LogP contribution < -0.4 is 20.7 Å². The van der Waals surface area contributed by atoms with Gasteiger partial charge in [-0.25, -0.2) is 0 Å². The Morgan fingerprint density at radius 3 is 2.37 bits per heavy atom. The normalized spacial score (nSPS) is 10.0. The fourth-order valence-corrected chi connectivity index (χ4v) is 2.56. The van der Waals surface area contributed by atoms with Crippen LogP contribution in [0.25, 0.3) is 0 Å². The second kappa shape index (κ2) is 10.3. The molecule has 0 aromatic heterocycles. The van der Waals surface area contributed by atoms with Crippen LogP contribution in [0.3, 0.4) is 0 Å². The number of benzene rings is 2. The van der Waals surface area contributed by atoms with E-state index in [1.165, 1.54) is 0 Å². The fraction of sp³-hybridized carbons (Fsp3) is 0.250. The van der Waals surface area contributed by atoms with Gasteiger partial charge < -0.3 is 15.4 Å². The number of carbonyl (C=O) groups excluding carboxylic acids is 2. The number of nitrogens with one attached hydrogen (secondary N) is 3. The van der Waals surface area contributed by atoms with Crippen molar-refractivity contribution in [2.45, 2.75) is 19.8 Å². The van der Waals surface area contributed by atoms with Crippen LogP contribution in [0, 0.1) is 0 Å². The minimum absolute atomic E-state index is 0.0970. The zero-order chi connectivity index (χ0) is 19.6. The number of hydrogen-bond acceptors (Lipinski definition) is 4. The highest BCUT2D eigenvalue weighted by Gasteiger charge is 2.15. The van der Waals surface area contributed by atoms with E-state index in [9.17, 15) is 9.59 Å². The molecule has 0 aliphatic heterocycles. The topological polar surface area (TPSA) is 79.5 Å². The largest absolute Gasteiger partial charge is 0.493 e. The molecule has 0 unspecified atom stereocenters. The minimum atomic E-state index is -0.378. The number of anilines is 1. The van der Waals surface area contributed by atoms with E-state index in [4.69, 9.17) is 17.0 Å². The smallest absolute Gasteiger partial charge is 0.261 e. The molecule has 27 heavy (non-hydrogen) atoms. The predicted octanol–water partition coefficient (Wildman–Crippen LogP) is 3.35. The lowest BCUT2D eigenvalue weighted by Gasteiger charge is -2.14. The first kappa shape index (κ1) is 20.4. The molecule has 0 atom stereocenters. The van der Waals surface area contributed by atoms with Crippen LogP contribution in [0.4, 0.5) is 5.69 Å². The molecule has 0 fully saturated rings. The Kier molecular flexibility index (Phi) is 7.76. The van der Waals surface area contributed by atoms with Crippen molar-refractivity contribution >= 4 is 34.8 Å². The molecule has 2 rings (SSSR count). The maximum absolute atomic E-state index is 12.6. The average molecular weight is 385 g/mol. The molecule has 0 aliphatic rings. The van der Waals surface area contributed by atoms with E-state index in [0.29, 0.717) is 29.2 Å². The molecule has 7 heteroatoms. The zero-order valence-electron chi connectivity index (χ0n) is 15.4. The van der Waals surface area contributed by atoms with Crippen molar-refractivity contribution in [1.29, 1.82) is 0 Å². The summed E-state index contributed by atoms with van der Waals surface area (Å²) >= 11 is 5.23. The molecule has 0 heterocycles. The van der Waals surface area contributed by atoms with E-state index in [1.54, 1.807) is 49.5 Å². The van der Waals surface area contributed by atoms with Gasteiger partial charge in [-0.3, -0.25) is 14.9 Å². The lowest BCUT2D eigenvalue weighted by Crippen LogP contribution is -2.35. The van der Waals surface area contributed by atoms with Crippen LogP contribution in [0.15, 0.2) is 48.5 Å². The van der Waals surface area contributed by atoms with Crippen molar-refractivity contribution in [2.24, 2.45) is 0 Å². The van der Waals surface area contributed by atoms with E-state index in [1.807, 2.05) is 6.07 Å². The monoisotopic (exact) mass is 385 g/mol. The van der Waals surface area contributed by atoms with Crippen molar-refractivity contribution in [3.63, 3.8) is 0 Å². The fourth-order valence-electron chi connectivity index (χ4n) is 2.36. The minimum Gasteiger partial charge on any atom is -0.493 e. The van der Waals surface area contributed by atoms with Gasteiger partial charge in [0.05, 0.1) is 23.4 Å². The summed E-state index contributed by atoms with van der Waals surface area (Å²) in [5, 5.41) is 8.19. The third-order valence-corrected chi connectivity index (χ3v) is 3.97. The number of thiocarbonyl (C=S) groups is 1. The van der Waals surface area contributed by atoms with Gasteiger partial charge >= 0.3 is 0 Å². The molecule has 0 saturated carbocycles. The van der Waals surface area contributed by atoms with Crippen molar-refractivity contribution in [1.82, 2.24) is 10.6 Å². The second-order valence-corrected chi connectivity index (χ2v) is 6.14. The molecule has 2 aromatic carbocycles. The molecule has 142 valence electrons. The highest BCUT2D eigenvalue weighted by atomic mass is 32.1. The van der Waals surface area contributed by atoms with Crippen LogP contribution in [-0.4, -0.2) is 30.6 Å². The number of rotatable bonds is 7. The Hall–Kier alpha value is -2.93. The molecule has 0 radical (unpaired) electrons. The second-order valence-electron chi connectivity index (χ2n) is 5.73. The number of para-hydroxylation sites is 2. The van der Waals surface area contributed by atoms with Crippen LogP contribution in [-0.2, 0) is 0 Å². The quantitative estimate of drug-likeness (QED) is 0.503. The summed E-state index contributed by atoms with van der Waals surface area (Å²) in [7, 11) is 1.55. The van der Waals surface area contributed by atoms with Crippen LogP contribution in [0.1, 0.15) is 40.5 Å². The van der Waals surface area contributed by atoms with E-state index in [-0.39, 0.29) is 16.9 Å². The molecule has 0 saturated heterocycles. The summed E-state index contributed by atoms with van der Waals surface area (Å²) < 4.78 is 5.69. The number of amides is 2. The standard InChI is InChI=1S/C20H23N3O3S/c1-3-4-13-26-17-12-8-6-10-15(17)19(25)23-20(27)22-16-11-7-5-9-14(16)18(24)21-2/h5-12H,3-4,13H2,1-2H3,(H,21,24)(H2,22,23,25,27). The van der Waals surface area contributed by atoms with Gasteiger partial charge in [0.2, 0.25) is 0 Å². The predicted molar refractivity (Wildman–Crippen MR) is 110 cm³/mol. The van der Waals surface area contributed by atoms with Crippen LogP contribution in [0.5, 0.6) is 5.75 Å². The van der Waals surface area contributed by atoms with Gasteiger partial charge in [0, 0.05) is 7.05 Å². The van der Waals surface area contributed by atoms with Crippen molar-refractivity contribution < 1.29 is 14.3 Å². The van der Waals surface area contributed by atoms with Crippen LogP contribution >= 0.6 is 12.2 Å². The van der Waals surface area contributed by atoms with E-state index in [2.05, 4.69) is 22.9 Å². The summed E-state index contributed by atoms with van der Waals surface area (Å²) in [4.78, 5) is 24.5. The molecule has 0 aliphatic carbocycles. The van der Waals surface area contributed by atoms with Gasteiger partial charge in [-0.1, -0.05) is 37.6 Å². The summed E-state index contributed by atoms with van der Waals surface area (Å²) in [5.41, 5.74) is 1.34. The molecule has 0 bridgehead atoms. The third kappa shape index (κ3) is 5.79.